The van der Waals surface area contributed by atoms with Gasteiger partial charge in [0, 0.05) is 11.4 Å². The maximum atomic E-state index is 12.5. The summed E-state index contributed by atoms with van der Waals surface area (Å²) >= 11 is 7.25. The maximum Gasteiger partial charge on any atom is 0.325 e. The highest BCUT2D eigenvalue weighted by atomic mass is 35.5. The van der Waals surface area contributed by atoms with Gasteiger partial charge in [0.25, 0.3) is 5.91 Å². The van der Waals surface area contributed by atoms with Crippen molar-refractivity contribution in [1.82, 2.24) is 15.5 Å². The molecule has 1 spiro atoms. The number of hydrogen-bond donors (Lipinski definition) is 2. The number of hydrogen-bond acceptors (Lipinski definition) is 4. The van der Waals surface area contributed by atoms with Crippen LogP contribution in [-0.2, 0) is 11.3 Å². The van der Waals surface area contributed by atoms with Crippen LogP contribution in [0.3, 0.4) is 0 Å². The van der Waals surface area contributed by atoms with Crippen molar-refractivity contribution in [3.63, 3.8) is 0 Å². The van der Waals surface area contributed by atoms with Crippen LogP contribution in [0.1, 0.15) is 17.7 Å². The molecule has 0 aromatic carbocycles. The number of rotatable bonds is 2. The van der Waals surface area contributed by atoms with Crippen LogP contribution in [0.15, 0.2) is 12.1 Å². The highest BCUT2D eigenvalue weighted by Gasteiger charge is 2.51. The second kappa shape index (κ2) is 4.77. The summed E-state index contributed by atoms with van der Waals surface area (Å²) in [6, 6.07) is 3.31. The van der Waals surface area contributed by atoms with Crippen molar-refractivity contribution in [3.05, 3.63) is 21.3 Å². The summed E-state index contributed by atoms with van der Waals surface area (Å²) in [5, 5.41) is 6.02. The van der Waals surface area contributed by atoms with Crippen LogP contribution in [0.2, 0.25) is 4.34 Å². The van der Waals surface area contributed by atoms with Crippen molar-refractivity contribution >= 4 is 34.9 Å². The number of piperidine rings is 1. The fraction of sp³-hybridized carbons (Fsp3) is 0.500. The van der Waals surface area contributed by atoms with Crippen LogP contribution in [0.5, 0.6) is 0 Å². The zero-order chi connectivity index (χ0) is 13.5. The molecule has 1 atom stereocenters. The number of amides is 3. The Hall–Kier alpha value is -1.11. The van der Waals surface area contributed by atoms with E-state index in [9.17, 15) is 9.59 Å². The van der Waals surface area contributed by atoms with Gasteiger partial charge in [0.15, 0.2) is 0 Å². The molecule has 2 saturated heterocycles. The lowest BCUT2D eigenvalue weighted by atomic mass is 9.90. The number of thiophene rings is 1. The first-order chi connectivity index (χ1) is 9.11. The summed E-state index contributed by atoms with van der Waals surface area (Å²) in [5.74, 6) is -0.130. The number of imide groups is 1. The third-order valence-electron chi connectivity index (χ3n) is 3.57. The molecule has 19 heavy (non-hydrogen) atoms. The molecule has 1 unspecified atom stereocenters. The first kappa shape index (κ1) is 12.9. The summed E-state index contributed by atoms with van der Waals surface area (Å²) in [5.41, 5.74) is -0.740. The third-order valence-corrected chi connectivity index (χ3v) is 4.79. The quantitative estimate of drug-likeness (QED) is 0.815. The summed E-state index contributed by atoms with van der Waals surface area (Å²) < 4.78 is 0.663. The molecule has 5 nitrogen and oxygen atoms in total. The lowest BCUT2D eigenvalue weighted by molar-refractivity contribution is -0.132. The summed E-state index contributed by atoms with van der Waals surface area (Å²) in [6.07, 6.45) is 1.59. The molecule has 3 heterocycles. The first-order valence-electron chi connectivity index (χ1n) is 6.20. The second-order valence-electron chi connectivity index (χ2n) is 4.89. The van der Waals surface area contributed by atoms with Crippen LogP contribution in [0.25, 0.3) is 0 Å². The minimum atomic E-state index is -0.740. The van der Waals surface area contributed by atoms with Gasteiger partial charge in [0.1, 0.15) is 5.54 Å². The molecule has 0 radical (unpaired) electrons. The Bertz CT molecular complexity index is 525. The molecule has 0 bridgehead atoms. The van der Waals surface area contributed by atoms with Gasteiger partial charge >= 0.3 is 6.03 Å². The zero-order valence-electron chi connectivity index (χ0n) is 10.2. The average Bonchev–Trinajstić information content (AvgIpc) is 2.89. The van der Waals surface area contributed by atoms with Gasteiger partial charge in [0.05, 0.1) is 10.9 Å². The van der Waals surface area contributed by atoms with Crippen LogP contribution in [-0.4, -0.2) is 35.5 Å². The lowest BCUT2D eigenvalue weighted by Gasteiger charge is -2.31. The third kappa shape index (κ3) is 2.24. The standard InChI is InChI=1S/C12H14ClN3O2S/c13-9-3-2-8(19-9)6-16-10(17)12(15-11(16)18)4-1-5-14-7-12/h2-3,14H,1,4-7H2,(H,15,18). The Labute approximate surface area is 119 Å². The van der Waals surface area contributed by atoms with Gasteiger partial charge < -0.3 is 10.6 Å². The molecular formula is C12H14ClN3O2S. The molecule has 2 N–H and O–H groups in total. The summed E-state index contributed by atoms with van der Waals surface area (Å²) in [6.45, 7) is 1.70. The van der Waals surface area contributed by atoms with Gasteiger partial charge in [-0.3, -0.25) is 9.69 Å². The molecule has 0 saturated carbocycles. The molecule has 1 aromatic rings. The van der Waals surface area contributed by atoms with Crippen molar-refractivity contribution in [2.45, 2.75) is 24.9 Å². The smallest absolute Gasteiger partial charge is 0.322 e. The maximum absolute atomic E-state index is 12.5. The van der Waals surface area contributed by atoms with Crippen LogP contribution < -0.4 is 10.6 Å². The van der Waals surface area contributed by atoms with E-state index < -0.39 is 5.54 Å². The van der Waals surface area contributed by atoms with E-state index >= 15 is 0 Å². The molecule has 2 fully saturated rings. The molecular weight excluding hydrogens is 286 g/mol. The Kier molecular flexibility index (Phi) is 3.24. The highest BCUT2D eigenvalue weighted by Crippen LogP contribution is 2.28. The van der Waals surface area contributed by atoms with Crippen molar-refractivity contribution in [3.8, 4) is 0 Å². The summed E-state index contributed by atoms with van der Waals surface area (Å²) in [7, 11) is 0. The minimum absolute atomic E-state index is 0.130. The Morgan fingerprint density at radius 3 is 2.89 bits per heavy atom. The molecule has 2 aliphatic heterocycles. The fourth-order valence-electron chi connectivity index (χ4n) is 2.61. The number of carbonyl (C=O) groups excluding carboxylic acids is 2. The van der Waals surface area contributed by atoms with E-state index in [0.717, 1.165) is 17.8 Å². The highest BCUT2D eigenvalue weighted by molar-refractivity contribution is 7.16. The first-order valence-corrected chi connectivity index (χ1v) is 7.39. The van der Waals surface area contributed by atoms with Crippen LogP contribution in [0.4, 0.5) is 4.79 Å². The number of halogens is 1. The number of nitrogens with one attached hydrogen (secondary N) is 2. The SMILES string of the molecule is O=C1NC2(CCCNC2)C(=O)N1Cc1ccc(Cl)s1. The predicted molar refractivity (Wildman–Crippen MR) is 73.2 cm³/mol. The molecule has 7 heteroatoms. The van der Waals surface area contributed by atoms with E-state index in [1.54, 1.807) is 6.07 Å². The second-order valence-corrected chi connectivity index (χ2v) is 6.69. The Balaban J connectivity index is 1.79. The van der Waals surface area contributed by atoms with Crippen molar-refractivity contribution < 1.29 is 9.59 Å². The Morgan fingerprint density at radius 1 is 1.42 bits per heavy atom. The molecule has 102 valence electrons. The van der Waals surface area contributed by atoms with Gasteiger partial charge in [-0.15, -0.1) is 11.3 Å². The van der Waals surface area contributed by atoms with E-state index in [2.05, 4.69) is 10.6 Å². The van der Waals surface area contributed by atoms with Gasteiger partial charge in [-0.1, -0.05) is 11.6 Å². The largest absolute Gasteiger partial charge is 0.325 e. The molecule has 3 amide bonds. The van der Waals surface area contributed by atoms with Crippen molar-refractivity contribution in [1.29, 1.82) is 0 Å². The van der Waals surface area contributed by atoms with E-state index in [1.165, 1.54) is 16.2 Å². The van der Waals surface area contributed by atoms with Crippen LogP contribution in [0, 0.1) is 0 Å². The zero-order valence-corrected chi connectivity index (χ0v) is 11.8. The fourth-order valence-corrected chi connectivity index (χ4v) is 3.68. The van der Waals surface area contributed by atoms with Gasteiger partial charge in [-0.25, -0.2) is 4.79 Å². The number of nitrogens with zero attached hydrogens (tertiary/aromatic N) is 1. The van der Waals surface area contributed by atoms with E-state index in [1.807, 2.05) is 6.07 Å². The van der Waals surface area contributed by atoms with Gasteiger partial charge in [-0.05, 0) is 31.5 Å². The van der Waals surface area contributed by atoms with Gasteiger partial charge in [0.2, 0.25) is 0 Å². The van der Waals surface area contributed by atoms with E-state index in [-0.39, 0.29) is 11.9 Å². The van der Waals surface area contributed by atoms with E-state index in [0.29, 0.717) is 23.8 Å². The number of urea groups is 1. The van der Waals surface area contributed by atoms with E-state index in [4.69, 9.17) is 11.6 Å². The Morgan fingerprint density at radius 2 is 2.26 bits per heavy atom. The summed E-state index contributed by atoms with van der Waals surface area (Å²) in [4.78, 5) is 26.7. The lowest BCUT2D eigenvalue weighted by Crippen LogP contribution is -2.57. The van der Waals surface area contributed by atoms with Gasteiger partial charge in [-0.2, -0.15) is 0 Å². The number of carbonyl (C=O) groups is 2. The van der Waals surface area contributed by atoms with Crippen molar-refractivity contribution in [2.75, 3.05) is 13.1 Å². The normalized spacial score (nSPS) is 27.1. The predicted octanol–water partition coefficient (Wildman–Crippen LogP) is 1.58. The van der Waals surface area contributed by atoms with Crippen LogP contribution >= 0.6 is 22.9 Å². The van der Waals surface area contributed by atoms with Crippen molar-refractivity contribution in [2.24, 2.45) is 0 Å². The minimum Gasteiger partial charge on any atom is -0.322 e. The molecule has 2 aliphatic rings. The average molecular weight is 300 g/mol. The molecule has 3 rings (SSSR count). The topological polar surface area (TPSA) is 61.4 Å². The monoisotopic (exact) mass is 299 g/mol. The molecule has 0 aliphatic carbocycles. The molecule has 1 aromatic heterocycles.